The maximum absolute atomic E-state index is 11.9. The molecule has 0 radical (unpaired) electrons. The third-order valence-corrected chi connectivity index (χ3v) is 2.98. The van der Waals surface area contributed by atoms with Gasteiger partial charge in [0.2, 0.25) is 5.95 Å². The van der Waals surface area contributed by atoms with E-state index < -0.39 is 0 Å². The standard InChI is InChI=1S/C13H20N4O/c1-3-4-9-17(2)13-14-8-7-11(16-13)12(18)15-10-5-6-10/h7-8,10H,3-6,9H2,1-2H3,(H,15,18). The molecule has 0 spiro atoms. The molecule has 0 aromatic carbocycles. The van der Waals surface area contributed by atoms with E-state index in [1.807, 2.05) is 11.9 Å². The summed E-state index contributed by atoms with van der Waals surface area (Å²) in [7, 11) is 1.95. The molecule has 5 heteroatoms. The zero-order valence-electron chi connectivity index (χ0n) is 11.0. The molecule has 5 nitrogen and oxygen atoms in total. The molecular weight excluding hydrogens is 228 g/mol. The van der Waals surface area contributed by atoms with Gasteiger partial charge in [0, 0.05) is 25.8 Å². The summed E-state index contributed by atoms with van der Waals surface area (Å²) in [6.07, 6.45) is 6.04. The van der Waals surface area contributed by atoms with Gasteiger partial charge in [0.25, 0.3) is 5.91 Å². The van der Waals surface area contributed by atoms with Crippen molar-refractivity contribution in [2.75, 3.05) is 18.5 Å². The Labute approximate surface area is 108 Å². The van der Waals surface area contributed by atoms with E-state index in [4.69, 9.17) is 0 Å². The van der Waals surface area contributed by atoms with Crippen LogP contribution in [-0.4, -0.2) is 35.5 Å². The van der Waals surface area contributed by atoms with Gasteiger partial charge in [-0.05, 0) is 25.3 Å². The fourth-order valence-electron chi connectivity index (χ4n) is 1.64. The fraction of sp³-hybridized carbons (Fsp3) is 0.615. The Morgan fingerprint density at radius 2 is 2.33 bits per heavy atom. The first-order valence-corrected chi connectivity index (χ1v) is 6.55. The number of aromatic nitrogens is 2. The number of nitrogens with one attached hydrogen (secondary N) is 1. The van der Waals surface area contributed by atoms with Crippen LogP contribution in [0.4, 0.5) is 5.95 Å². The van der Waals surface area contributed by atoms with Crippen molar-refractivity contribution in [3.63, 3.8) is 0 Å². The number of hydrogen-bond acceptors (Lipinski definition) is 4. The molecule has 1 N–H and O–H groups in total. The SMILES string of the molecule is CCCCN(C)c1nccc(C(=O)NC2CC2)n1. The number of carbonyl (C=O) groups is 1. The van der Waals surface area contributed by atoms with Crippen molar-refractivity contribution in [2.24, 2.45) is 0 Å². The lowest BCUT2D eigenvalue weighted by Crippen LogP contribution is -2.28. The zero-order chi connectivity index (χ0) is 13.0. The molecule has 1 aliphatic rings. The van der Waals surface area contributed by atoms with Gasteiger partial charge in [-0.15, -0.1) is 0 Å². The van der Waals surface area contributed by atoms with Gasteiger partial charge in [-0.2, -0.15) is 0 Å². The van der Waals surface area contributed by atoms with Crippen molar-refractivity contribution in [3.8, 4) is 0 Å². The first kappa shape index (κ1) is 12.8. The van der Waals surface area contributed by atoms with Crippen LogP contribution in [0, 0.1) is 0 Å². The third kappa shape index (κ3) is 3.42. The number of carbonyl (C=O) groups excluding carboxylic acids is 1. The highest BCUT2D eigenvalue weighted by Gasteiger charge is 2.24. The molecule has 1 amide bonds. The van der Waals surface area contributed by atoms with Gasteiger partial charge in [-0.3, -0.25) is 4.79 Å². The molecule has 0 saturated heterocycles. The van der Waals surface area contributed by atoms with Gasteiger partial charge in [0.05, 0.1) is 0 Å². The Bertz CT molecular complexity index is 417. The van der Waals surface area contributed by atoms with E-state index in [0.717, 1.165) is 32.2 Å². The van der Waals surface area contributed by atoms with Gasteiger partial charge in [0.1, 0.15) is 5.69 Å². The maximum atomic E-state index is 11.9. The monoisotopic (exact) mass is 248 g/mol. The van der Waals surface area contributed by atoms with Gasteiger partial charge in [-0.1, -0.05) is 13.3 Å². The summed E-state index contributed by atoms with van der Waals surface area (Å²) in [4.78, 5) is 22.4. The second-order valence-corrected chi connectivity index (χ2v) is 4.76. The van der Waals surface area contributed by atoms with Crippen LogP contribution < -0.4 is 10.2 Å². The quantitative estimate of drug-likeness (QED) is 0.831. The second kappa shape index (κ2) is 5.80. The van der Waals surface area contributed by atoms with Crippen LogP contribution in [0.25, 0.3) is 0 Å². The van der Waals surface area contributed by atoms with E-state index in [1.54, 1.807) is 12.3 Å². The number of hydrogen-bond donors (Lipinski definition) is 1. The molecular formula is C13H20N4O. The maximum Gasteiger partial charge on any atom is 0.270 e. The highest BCUT2D eigenvalue weighted by Crippen LogP contribution is 2.19. The van der Waals surface area contributed by atoms with Crippen LogP contribution in [0.15, 0.2) is 12.3 Å². The molecule has 0 atom stereocenters. The first-order chi connectivity index (χ1) is 8.70. The number of rotatable bonds is 6. The number of nitrogens with zero attached hydrogens (tertiary/aromatic N) is 3. The molecule has 2 rings (SSSR count). The van der Waals surface area contributed by atoms with E-state index >= 15 is 0 Å². The largest absolute Gasteiger partial charge is 0.348 e. The smallest absolute Gasteiger partial charge is 0.270 e. The van der Waals surface area contributed by atoms with Crippen LogP contribution in [0.1, 0.15) is 43.1 Å². The van der Waals surface area contributed by atoms with Crippen molar-refractivity contribution in [3.05, 3.63) is 18.0 Å². The van der Waals surface area contributed by atoms with Crippen LogP contribution in [-0.2, 0) is 0 Å². The average molecular weight is 248 g/mol. The Morgan fingerprint density at radius 3 is 3.00 bits per heavy atom. The van der Waals surface area contributed by atoms with Crippen molar-refractivity contribution < 1.29 is 4.79 Å². The molecule has 1 heterocycles. The topological polar surface area (TPSA) is 58.1 Å². The Morgan fingerprint density at radius 1 is 1.56 bits per heavy atom. The average Bonchev–Trinajstić information content (AvgIpc) is 3.20. The molecule has 0 bridgehead atoms. The molecule has 0 aliphatic heterocycles. The molecule has 1 aliphatic carbocycles. The van der Waals surface area contributed by atoms with E-state index in [-0.39, 0.29) is 5.91 Å². The van der Waals surface area contributed by atoms with Crippen LogP contribution in [0.3, 0.4) is 0 Å². The Hall–Kier alpha value is -1.65. The van der Waals surface area contributed by atoms with Gasteiger partial charge in [-0.25, -0.2) is 9.97 Å². The highest BCUT2D eigenvalue weighted by atomic mass is 16.2. The second-order valence-electron chi connectivity index (χ2n) is 4.76. The minimum absolute atomic E-state index is 0.0926. The minimum Gasteiger partial charge on any atom is -0.348 e. The molecule has 98 valence electrons. The Balaban J connectivity index is 2.01. The van der Waals surface area contributed by atoms with Crippen molar-refractivity contribution in [1.82, 2.24) is 15.3 Å². The van der Waals surface area contributed by atoms with Crippen molar-refractivity contribution >= 4 is 11.9 Å². The summed E-state index contributed by atoms with van der Waals surface area (Å²) < 4.78 is 0. The number of unbranched alkanes of at least 4 members (excludes halogenated alkanes) is 1. The minimum atomic E-state index is -0.0926. The number of anilines is 1. The number of amides is 1. The van der Waals surface area contributed by atoms with Crippen molar-refractivity contribution in [1.29, 1.82) is 0 Å². The summed E-state index contributed by atoms with van der Waals surface area (Å²) in [5.74, 6) is 0.525. The summed E-state index contributed by atoms with van der Waals surface area (Å²) in [6, 6.07) is 2.02. The molecule has 1 fully saturated rings. The Kier molecular flexibility index (Phi) is 4.12. The lowest BCUT2D eigenvalue weighted by atomic mass is 10.3. The highest BCUT2D eigenvalue weighted by molar-refractivity contribution is 5.92. The van der Waals surface area contributed by atoms with Crippen LogP contribution in [0.5, 0.6) is 0 Å². The predicted octanol–water partition coefficient (Wildman–Crippen LogP) is 1.61. The third-order valence-electron chi connectivity index (χ3n) is 2.98. The van der Waals surface area contributed by atoms with E-state index in [2.05, 4.69) is 22.2 Å². The summed E-state index contributed by atoms with van der Waals surface area (Å²) >= 11 is 0. The molecule has 1 aromatic heterocycles. The summed E-state index contributed by atoms with van der Waals surface area (Å²) in [6.45, 7) is 3.05. The molecule has 1 saturated carbocycles. The molecule has 1 aromatic rings. The normalized spacial score (nSPS) is 14.3. The van der Waals surface area contributed by atoms with E-state index in [9.17, 15) is 4.79 Å². The van der Waals surface area contributed by atoms with E-state index in [1.165, 1.54) is 0 Å². The lowest BCUT2D eigenvalue weighted by Gasteiger charge is -2.16. The predicted molar refractivity (Wildman–Crippen MR) is 70.7 cm³/mol. The van der Waals surface area contributed by atoms with Gasteiger partial charge < -0.3 is 10.2 Å². The summed E-state index contributed by atoms with van der Waals surface area (Å²) in [5.41, 5.74) is 0.454. The summed E-state index contributed by atoms with van der Waals surface area (Å²) in [5, 5.41) is 2.93. The van der Waals surface area contributed by atoms with Crippen LogP contribution >= 0.6 is 0 Å². The van der Waals surface area contributed by atoms with Gasteiger partial charge in [0.15, 0.2) is 0 Å². The molecule has 0 unspecified atom stereocenters. The fourth-order valence-corrected chi connectivity index (χ4v) is 1.64. The van der Waals surface area contributed by atoms with E-state index in [0.29, 0.717) is 17.7 Å². The van der Waals surface area contributed by atoms with Crippen molar-refractivity contribution in [2.45, 2.75) is 38.6 Å². The lowest BCUT2D eigenvalue weighted by molar-refractivity contribution is 0.0946. The zero-order valence-corrected chi connectivity index (χ0v) is 11.0. The van der Waals surface area contributed by atoms with Crippen LogP contribution in [0.2, 0.25) is 0 Å². The van der Waals surface area contributed by atoms with Gasteiger partial charge >= 0.3 is 0 Å². The molecule has 18 heavy (non-hydrogen) atoms. The first-order valence-electron chi connectivity index (χ1n) is 6.55.